The number of carbonyl (C=O) groups is 2. The molecule has 6 heteroatoms. The maximum Gasteiger partial charge on any atom is 0.257 e. The molecule has 0 heterocycles. The molecule has 0 aliphatic rings. The highest BCUT2D eigenvalue weighted by atomic mass is 32.1. The number of carbonyl (C=O) groups excluding carboxylic acids is 2. The average molecular weight is 389 g/mol. The molecule has 28 heavy (non-hydrogen) atoms. The molecule has 2 amide bonds. The second-order valence-electron chi connectivity index (χ2n) is 6.14. The molecular weight excluding hydrogens is 370 g/mol. The number of nitrogens with one attached hydrogen (secondary N) is 3. The molecule has 140 valence electrons. The van der Waals surface area contributed by atoms with Gasteiger partial charge in [-0.2, -0.15) is 0 Å². The summed E-state index contributed by atoms with van der Waals surface area (Å²) < 4.78 is 0. The standard InChI is InChI=1S/C22H19N3O2S/c1-15-11-13-16(14-12-15)20(26)25-22(28)24-19-10-6-5-9-18(19)21(27)23-17-7-3-2-4-8-17/h2-14H,1H3,(H,23,27)(H2,24,25,26,28). The highest BCUT2D eigenvalue weighted by Crippen LogP contribution is 2.17. The van der Waals surface area contributed by atoms with Gasteiger partial charge in [0.25, 0.3) is 11.8 Å². The van der Waals surface area contributed by atoms with E-state index in [1.807, 2.05) is 37.3 Å². The molecule has 0 spiro atoms. The lowest BCUT2D eigenvalue weighted by Crippen LogP contribution is -2.34. The summed E-state index contributed by atoms with van der Waals surface area (Å²) in [6.45, 7) is 1.95. The molecule has 0 atom stereocenters. The minimum Gasteiger partial charge on any atom is -0.332 e. The van der Waals surface area contributed by atoms with Gasteiger partial charge in [0.2, 0.25) is 0 Å². The Morgan fingerprint density at radius 1 is 0.750 bits per heavy atom. The quantitative estimate of drug-likeness (QED) is 0.580. The van der Waals surface area contributed by atoms with Gasteiger partial charge < -0.3 is 10.6 Å². The Morgan fingerprint density at radius 3 is 2.11 bits per heavy atom. The van der Waals surface area contributed by atoms with Crippen molar-refractivity contribution in [1.82, 2.24) is 5.32 Å². The van der Waals surface area contributed by atoms with Gasteiger partial charge in [0.1, 0.15) is 0 Å². The van der Waals surface area contributed by atoms with E-state index in [-0.39, 0.29) is 16.9 Å². The van der Waals surface area contributed by atoms with Crippen LogP contribution in [0.3, 0.4) is 0 Å². The molecule has 0 aliphatic carbocycles. The van der Waals surface area contributed by atoms with Crippen molar-refractivity contribution in [3.63, 3.8) is 0 Å². The number of hydrogen-bond donors (Lipinski definition) is 3. The molecule has 0 radical (unpaired) electrons. The first-order chi connectivity index (χ1) is 13.5. The summed E-state index contributed by atoms with van der Waals surface area (Å²) in [6, 6.07) is 23.3. The normalized spacial score (nSPS) is 10.0. The van der Waals surface area contributed by atoms with Crippen molar-refractivity contribution in [1.29, 1.82) is 0 Å². The Morgan fingerprint density at radius 2 is 1.39 bits per heavy atom. The van der Waals surface area contributed by atoms with Crippen LogP contribution in [0.4, 0.5) is 11.4 Å². The van der Waals surface area contributed by atoms with Crippen molar-refractivity contribution >= 4 is 40.5 Å². The van der Waals surface area contributed by atoms with Crippen LogP contribution >= 0.6 is 12.2 Å². The monoisotopic (exact) mass is 389 g/mol. The Kier molecular flexibility index (Phi) is 6.14. The number of anilines is 2. The first-order valence-electron chi connectivity index (χ1n) is 8.67. The zero-order valence-electron chi connectivity index (χ0n) is 15.2. The van der Waals surface area contributed by atoms with E-state index in [0.717, 1.165) is 5.56 Å². The Balaban J connectivity index is 1.68. The fourth-order valence-electron chi connectivity index (χ4n) is 2.54. The number of thiocarbonyl (C=S) groups is 1. The summed E-state index contributed by atoms with van der Waals surface area (Å²) in [5.74, 6) is -0.592. The van der Waals surface area contributed by atoms with Crippen LogP contribution < -0.4 is 16.0 Å². The number of hydrogen-bond acceptors (Lipinski definition) is 3. The third-order valence-electron chi connectivity index (χ3n) is 3.99. The van der Waals surface area contributed by atoms with E-state index >= 15 is 0 Å². The van der Waals surface area contributed by atoms with Crippen LogP contribution in [-0.4, -0.2) is 16.9 Å². The number of amides is 2. The van der Waals surface area contributed by atoms with Gasteiger partial charge in [0.05, 0.1) is 11.3 Å². The molecule has 0 fully saturated rings. The minimum absolute atomic E-state index is 0.116. The maximum atomic E-state index is 12.6. The van der Waals surface area contributed by atoms with E-state index in [2.05, 4.69) is 16.0 Å². The van der Waals surface area contributed by atoms with E-state index in [1.165, 1.54) is 0 Å². The topological polar surface area (TPSA) is 70.2 Å². The highest BCUT2D eigenvalue weighted by Gasteiger charge is 2.13. The average Bonchev–Trinajstić information content (AvgIpc) is 2.69. The molecule has 3 aromatic carbocycles. The number of para-hydroxylation sites is 2. The SMILES string of the molecule is Cc1ccc(C(=O)NC(=S)Nc2ccccc2C(=O)Nc2ccccc2)cc1. The Labute approximate surface area is 168 Å². The van der Waals surface area contributed by atoms with Crippen LogP contribution in [0, 0.1) is 6.92 Å². The number of rotatable bonds is 4. The van der Waals surface area contributed by atoms with E-state index in [0.29, 0.717) is 22.5 Å². The van der Waals surface area contributed by atoms with Gasteiger partial charge in [-0.1, -0.05) is 48.0 Å². The fourth-order valence-corrected chi connectivity index (χ4v) is 2.75. The first-order valence-corrected chi connectivity index (χ1v) is 9.08. The summed E-state index contributed by atoms with van der Waals surface area (Å²) in [7, 11) is 0. The van der Waals surface area contributed by atoms with Crippen molar-refractivity contribution in [2.24, 2.45) is 0 Å². The van der Waals surface area contributed by atoms with E-state index < -0.39 is 0 Å². The lowest BCUT2D eigenvalue weighted by atomic mass is 10.1. The summed E-state index contributed by atoms with van der Waals surface area (Å²) in [5.41, 5.74) is 3.18. The summed E-state index contributed by atoms with van der Waals surface area (Å²) in [4.78, 5) is 24.9. The predicted octanol–water partition coefficient (Wildman–Crippen LogP) is 4.37. The number of aryl methyl sites for hydroxylation is 1. The lowest BCUT2D eigenvalue weighted by molar-refractivity contribution is 0.0976. The Bertz CT molecular complexity index is 1000. The molecule has 3 N–H and O–H groups in total. The zero-order valence-corrected chi connectivity index (χ0v) is 16.0. The van der Waals surface area contributed by atoms with Crippen LogP contribution in [-0.2, 0) is 0 Å². The van der Waals surface area contributed by atoms with Crippen molar-refractivity contribution in [2.45, 2.75) is 6.92 Å². The van der Waals surface area contributed by atoms with Gasteiger partial charge in [-0.05, 0) is 55.5 Å². The van der Waals surface area contributed by atoms with E-state index in [9.17, 15) is 9.59 Å². The molecule has 0 saturated carbocycles. The van der Waals surface area contributed by atoms with Crippen molar-refractivity contribution in [2.75, 3.05) is 10.6 Å². The molecule has 0 aromatic heterocycles. The molecule has 0 bridgehead atoms. The third kappa shape index (κ3) is 5.02. The van der Waals surface area contributed by atoms with Gasteiger partial charge in [-0.3, -0.25) is 14.9 Å². The van der Waals surface area contributed by atoms with Crippen molar-refractivity contribution in [3.05, 3.63) is 95.6 Å². The van der Waals surface area contributed by atoms with E-state index in [1.54, 1.807) is 48.5 Å². The predicted molar refractivity (Wildman–Crippen MR) is 116 cm³/mol. The lowest BCUT2D eigenvalue weighted by Gasteiger charge is -2.13. The van der Waals surface area contributed by atoms with Gasteiger partial charge in [0, 0.05) is 11.3 Å². The summed E-state index contributed by atoms with van der Waals surface area (Å²) >= 11 is 5.24. The fraction of sp³-hybridized carbons (Fsp3) is 0.0455. The Hall–Kier alpha value is -3.51. The van der Waals surface area contributed by atoms with Crippen LogP contribution in [0.15, 0.2) is 78.9 Å². The zero-order chi connectivity index (χ0) is 19.9. The van der Waals surface area contributed by atoms with Gasteiger partial charge in [0.15, 0.2) is 5.11 Å². The van der Waals surface area contributed by atoms with Crippen molar-refractivity contribution < 1.29 is 9.59 Å². The van der Waals surface area contributed by atoms with E-state index in [4.69, 9.17) is 12.2 Å². The smallest absolute Gasteiger partial charge is 0.257 e. The van der Waals surface area contributed by atoms with Crippen LogP contribution in [0.5, 0.6) is 0 Å². The van der Waals surface area contributed by atoms with Gasteiger partial charge in [-0.25, -0.2) is 0 Å². The molecule has 3 rings (SSSR count). The highest BCUT2D eigenvalue weighted by molar-refractivity contribution is 7.80. The van der Waals surface area contributed by atoms with Crippen LogP contribution in [0.25, 0.3) is 0 Å². The van der Waals surface area contributed by atoms with Gasteiger partial charge in [-0.15, -0.1) is 0 Å². The minimum atomic E-state index is -0.316. The molecule has 0 saturated heterocycles. The number of benzene rings is 3. The molecule has 5 nitrogen and oxygen atoms in total. The molecule has 0 aliphatic heterocycles. The van der Waals surface area contributed by atoms with Crippen molar-refractivity contribution in [3.8, 4) is 0 Å². The van der Waals surface area contributed by atoms with Gasteiger partial charge >= 0.3 is 0 Å². The van der Waals surface area contributed by atoms with Crippen LogP contribution in [0.1, 0.15) is 26.3 Å². The summed E-state index contributed by atoms with van der Waals surface area (Å²) in [5, 5.41) is 8.51. The second kappa shape index (κ2) is 8.92. The second-order valence-corrected chi connectivity index (χ2v) is 6.55. The first kappa shape index (κ1) is 19.3. The molecule has 0 unspecified atom stereocenters. The van der Waals surface area contributed by atoms with Crippen LogP contribution in [0.2, 0.25) is 0 Å². The maximum absolute atomic E-state index is 12.6. The largest absolute Gasteiger partial charge is 0.332 e. The molecule has 3 aromatic rings. The summed E-state index contributed by atoms with van der Waals surface area (Å²) in [6.07, 6.45) is 0. The third-order valence-corrected chi connectivity index (χ3v) is 4.20. The molecular formula is C22H19N3O2S.